The molecule has 0 N–H and O–H groups in total. The summed E-state index contributed by atoms with van der Waals surface area (Å²) >= 11 is 0. The highest BCUT2D eigenvalue weighted by Crippen LogP contribution is 2.12. The summed E-state index contributed by atoms with van der Waals surface area (Å²) in [6, 6.07) is 6.58. The van der Waals surface area contributed by atoms with Crippen molar-refractivity contribution in [3.63, 3.8) is 0 Å². The standard InChI is InChI=1S/C14H20FN3/c1-17(2)7-4-8-18(3)11-13-6-5-12(10-16)9-14(13)15/h5-6,9H,4,7-8,11H2,1-3H3. The molecule has 4 heteroatoms. The van der Waals surface area contributed by atoms with E-state index in [2.05, 4.69) is 9.80 Å². The largest absolute Gasteiger partial charge is 0.309 e. The normalized spacial score (nSPS) is 10.9. The molecule has 0 bridgehead atoms. The Bertz CT molecular complexity index is 424. The number of rotatable bonds is 6. The highest BCUT2D eigenvalue weighted by atomic mass is 19.1. The average molecular weight is 249 g/mol. The molecular weight excluding hydrogens is 229 g/mol. The van der Waals surface area contributed by atoms with Gasteiger partial charge in [-0.05, 0) is 52.8 Å². The smallest absolute Gasteiger partial charge is 0.129 e. The van der Waals surface area contributed by atoms with Crippen LogP contribution >= 0.6 is 0 Å². The molecule has 0 fully saturated rings. The maximum atomic E-state index is 13.7. The Labute approximate surface area is 108 Å². The Kier molecular flexibility index (Phi) is 5.76. The summed E-state index contributed by atoms with van der Waals surface area (Å²) in [6.07, 6.45) is 1.06. The fourth-order valence-electron chi connectivity index (χ4n) is 1.77. The van der Waals surface area contributed by atoms with E-state index in [0.29, 0.717) is 17.7 Å². The second-order valence-electron chi connectivity index (χ2n) is 4.81. The molecule has 0 amide bonds. The third kappa shape index (κ3) is 4.82. The fraction of sp³-hybridized carbons (Fsp3) is 0.500. The molecule has 0 aliphatic heterocycles. The second-order valence-corrected chi connectivity index (χ2v) is 4.81. The summed E-state index contributed by atoms with van der Waals surface area (Å²) in [7, 11) is 6.06. The molecule has 0 aliphatic rings. The molecule has 1 aromatic carbocycles. The highest BCUT2D eigenvalue weighted by molar-refractivity contribution is 5.32. The van der Waals surface area contributed by atoms with Gasteiger partial charge >= 0.3 is 0 Å². The van der Waals surface area contributed by atoms with Crippen molar-refractivity contribution in [3.05, 3.63) is 35.1 Å². The number of halogens is 1. The molecule has 1 aromatic rings. The summed E-state index contributed by atoms with van der Waals surface area (Å²) < 4.78 is 13.7. The number of nitrogens with zero attached hydrogens (tertiary/aromatic N) is 3. The van der Waals surface area contributed by atoms with E-state index in [4.69, 9.17) is 5.26 Å². The van der Waals surface area contributed by atoms with Crippen LogP contribution in [0.25, 0.3) is 0 Å². The molecule has 98 valence electrons. The van der Waals surface area contributed by atoms with Crippen LogP contribution in [0, 0.1) is 17.1 Å². The minimum absolute atomic E-state index is 0.298. The van der Waals surface area contributed by atoms with Gasteiger partial charge in [0.1, 0.15) is 5.82 Å². The summed E-state index contributed by atoms with van der Waals surface area (Å²) in [4.78, 5) is 4.23. The van der Waals surface area contributed by atoms with Crippen molar-refractivity contribution < 1.29 is 4.39 Å². The molecule has 0 heterocycles. The van der Waals surface area contributed by atoms with Gasteiger partial charge in [0.25, 0.3) is 0 Å². The third-order valence-corrected chi connectivity index (χ3v) is 2.77. The van der Waals surface area contributed by atoms with Crippen molar-refractivity contribution in [2.75, 3.05) is 34.2 Å². The van der Waals surface area contributed by atoms with Gasteiger partial charge in [0.2, 0.25) is 0 Å². The van der Waals surface area contributed by atoms with Crippen LogP contribution in [0.15, 0.2) is 18.2 Å². The molecule has 0 radical (unpaired) electrons. The van der Waals surface area contributed by atoms with Crippen molar-refractivity contribution in [2.24, 2.45) is 0 Å². The summed E-state index contributed by atoms with van der Waals surface area (Å²) in [5, 5.41) is 8.67. The van der Waals surface area contributed by atoms with Crippen molar-refractivity contribution in [2.45, 2.75) is 13.0 Å². The molecule has 18 heavy (non-hydrogen) atoms. The lowest BCUT2D eigenvalue weighted by molar-refractivity contribution is 0.291. The Hall–Kier alpha value is -1.44. The van der Waals surface area contributed by atoms with Crippen LogP contribution < -0.4 is 0 Å². The topological polar surface area (TPSA) is 30.3 Å². The van der Waals surface area contributed by atoms with Gasteiger partial charge in [-0.25, -0.2) is 4.39 Å². The van der Waals surface area contributed by atoms with E-state index < -0.39 is 0 Å². The lowest BCUT2D eigenvalue weighted by Crippen LogP contribution is -2.23. The SMILES string of the molecule is CN(C)CCCN(C)Cc1ccc(C#N)cc1F. The maximum Gasteiger partial charge on any atom is 0.129 e. The Balaban J connectivity index is 2.49. The molecular formula is C14H20FN3. The van der Waals surface area contributed by atoms with Gasteiger partial charge in [-0.3, -0.25) is 0 Å². The van der Waals surface area contributed by atoms with Crippen LogP contribution in [0.3, 0.4) is 0 Å². The molecule has 0 aromatic heterocycles. The first-order valence-corrected chi connectivity index (χ1v) is 6.04. The highest BCUT2D eigenvalue weighted by Gasteiger charge is 2.06. The molecule has 0 spiro atoms. The van der Waals surface area contributed by atoms with Gasteiger partial charge < -0.3 is 9.80 Å². The number of nitriles is 1. The Morgan fingerprint density at radius 3 is 2.50 bits per heavy atom. The van der Waals surface area contributed by atoms with Gasteiger partial charge in [0.05, 0.1) is 11.6 Å². The van der Waals surface area contributed by atoms with Crippen molar-refractivity contribution >= 4 is 0 Å². The van der Waals surface area contributed by atoms with E-state index in [1.807, 2.05) is 27.2 Å². The van der Waals surface area contributed by atoms with Crippen LogP contribution in [0.5, 0.6) is 0 Å². The fourth-order valence-corrected chi connectivity index (χ4v) is 1.77. The van der Waals surface area contributed by atoms with Crippen molar-refractivity contribution in [1.29, 1.82) is 5.26 Å². The Morgan fingerprint density at radius 1 is 1.22 bits per heavy atom. The van der Waals surface area contributed by atoms with Gasteiger partial charge in [0.15, 0.2) is 0 Å². The van der Waals surface area contributed by atoms with E-state index in [1.54, 1.807) is 12.1 Å². The molecule has 0 saturated heterocycles. The maximum absolute atomic E-state index is 13.7. The lowest BCUT2D eigenvalue weighted by atomic mass is 10.1. The summed E-state index contributed by atoms with van der Waals surface area (Å²) in [5.74, 6) is -0.298. The lowest BCUT2D eigenvalue weighted by Gasteiger charge is -2.18. The van der Waals surface area contributed by atoms with E-state index >= 15 is 0 Å². The monoisotopic (exact) mass is 249 g/mol. The zero-order chi connectivity index (χ0) is 13.5. The average Bonchev–Trinajstić information content (AvgIpc) is 2.31. The second kappa shape index (κ2) is 7.10. The number of hydrogen-bond acceptors (Lipinski definition) is 3. The molecule has 0 aliphatic carbocycles. The van der Waals surface area contributed by atoms with Crippen molar-refractivity contribution in [3.8, 4) is 6.07 Å². The van der Waals surface area contributed by atoms with E-state index in [0.717, 1.165) is 19.5 Å². The van der Waals surface area contributed by atoms with E-state index in [-0.39, 0.29) is 5.82 Å². The molecule has 0 atom stereocenters. The van der Waals surface area contributed by atoms with E-state index in [9.17, 15) is 4.39 Å². The zero-order valence-corrected chi connectivity index (χ0v) is 11.3. The summed E-state index contributed by atoms with van der Waals surface area (Å²) in [5.41, 5.74) is 1.01. The zero-order valence-electron chi connectivity index (χ0n) is 11.3. The number of hydrogen-bond donors (Lipinski definition) is 0. The van der Waals surface area contributed by atoms with Crippen molar-refractivity contribution in [1.82, 2.24) is 9.80 Å². The third-order valence-electron chi connectivity index (χ3n) is 2.77. The van der Waals surface area contributed by atoms with Crippen LogP contribution in [-0.4, -0.2) is 44.0 Å². The van der Waals surface area contributed by atoms with Crippen LogP contribution in [0.1, 0.15) is 17.5 Å². The minimum atomic E-state index is -0.298. The van der Waals surface area contributed by atoms with Gasteiger partial charge in [-0.15, -0.1) is 0 Å². The predicted octanol–water partition coefficient (Wildman–Crippen LogP) is 2.08. The molecule has 0 saturated carbocycles. The molecule has 1 rings (SSSR count). The first kappa shape index (κ1) is 14.6. The first-order valence-electron chi connectivity index (χ1n) is 6.04. The first-order chi connectivity index (χ1) is 8.52. The van der Waals surface area contributed by atoms with Gasteiger partial charge in [-0.2, -0.15) is 5.26 Å². The van der Waals surface area contributed by atoms with Gasteiger partial charge in [0, 0.05) is 12.1 Å². The quantitative estimate of drug-likeness (QED) is 0.773. The van der Waals surface area contributed by atoms with Crippen LogP contribution in [-0.2, 0) is 6.54 Å². The number of benzene rings is 1. The van der Waals surface area contributed by atoms with Crippen LogP contribution in [0.4, 0.5) is 4.39 Å². The van der Waals surface area contributed by atoms with E-state index in [1.165, 1.54) is 6.07 Å². The minimum Gasteiger partial charge on any atom is -0.309 e. The van der Waals surface area contributed by atoms with Gasteiger partial charge in [-0.1, -0.05) is 6.07 Å². The molecule has 0 unspecified atom stereocenters. The molecule has 3 nitrogen and oxygen atoms in total. The predicted molar refractivity (Wildman–Crippen MR) is 70.6 cm³/mol. The summed E-state index contributed by atoms with van der Waals surface area (Å²) in [6.45, 7) is 2.53. The Morgan fingerprint density at radius 2 is 1.94 bits per heavy atom. The van der Waals surface area contributed by atoms with Crippen LogP contribution in [0.2, 0.25) is 0 Å².